The topological polar surface area (TPSA) is 72.8 Å². The van der Waals surface area contributed by atoms with Crippen molar-refractivity contribution in [2.75, 3.05) is 19.8 Å². The third-order valence-electron chi connectivity index (χ3n) is 3.15. The van der Waals surface area contributed by atoms with E-state index in [1.165, 1.54) is 0 Å². The minimum atomic E-state index is -0.176. The summed E-state index contributed by atoms with van der Waals surface area (Å²) in [7, 11) is 0. The summed E-state index contributed by atoms with van der Waals surface area (Å²) in [6.07, 6.45) is 5.37. The van der Waals surface area contributed by atoms with Gasteiger partial charge in [-0.3, -0.25) is 9.59 Å². The molecule has 0 radical (unpaired) electrons. The van der Waals surface area contributed by atoms with Gasteiger partial charge in [-0.2, -0.15) is 0 Å². The summed E-state index contributed by atoms with van der Waals surface area (Å²) in [5.74, 6) is -0.0421. The second-order valence-corrected chi connectivity index (χ2v) is 4.82. The van der Waals surface area contributed by atoms with Crippen molar-refractivity contribution in [1.82, 2.24) is 0 Å². The fraction of sp³-hybridized carbons (Fsp3) is 0.733. The smallest absolute Gasteiger partial charge is 0.305 e. The Bertz CT molecular complexity index is 348. The van der Waals surface area contributed by atoms with Crippen LogP contribution in [0, 0.1) is 0 Å². The molecule has 0 aliphatic heterocycles. The van der Waals surface area contributed by atoms with Crippen LogP contribution in [0.1, 0.15) is 45.4 Å². The maximum Gasteiger partial charge on any atom is 0.305 e. The first-order valence-electron chi connectivity index (χ1n) is 7.29. The van der Waals surface area contributed by atoms with Crippen LogP contribution in [0.4, 0.5) is 0 Å². The highest BCUT2D eigenvalue weighted by Crippen LogP contribution is 2.22. The first kappa shape index (κ1) is 16.9. The first-order chi connectivity index (χ1) is 9.67. The molecule has 0 saturated heterocycles. The summed E-state index contributed by atoms with van der Waals surface area (Å²) >= 11 is 0. The molecule has 1 atom stereocenters. The number of rotatable bonds is 10. The van der Waals surface area contributed by atoms with E-state index in [0.717, 1.165) is 18.4 Å². The van der Waals surface area contributed by atoms with E-state index in [2.05, 4.69) is 0 Å². The average molecular weight is 284 g/mol. The van der Waals surface area contributed by atoms with Crippen molar-refractivity contribution in [3.63, 3.8) is 0 Å². The maximum absolute atomic E-state index is 11.8. The molecule has 1 unspecified atom stereocenters. The molecule has 0 aromatic rings. The Morgan fingerprint density at radius 2 is 2.20 bits per heavy atom. The second-order valence-electron chi connectivity index (χ2n) is 4.82. The van der Waals surface area contributed by atoms with Crippen LogP contribution in [0.3, 0.4) is 0 Å². The predicted octanol–water partition coefficient (Wildman–Crippen LogP) is 1.78. The number of hydrogen-bond acceptors (Lipinski definition) is 5. The lowest BCUT2D eigenvalue weighted by molar-refractivity contribution is -0.143. The molecular weight excluding hydrogens is 260 g/mol. The molecule has 1 aliphatic carbocycles. The highest BCUT2D eigenvalue weighted by Gasteiger charge is 2.23. The van der Waals surface area contributed by atoms with E-state index in [1.54, 1.807) is 6.92 Å². The molecule has 1 N–H and O–H groups in total. The zero-order valence-corrected chi connectivity index (χ0v) is 12.1. The summed E-state index contributed by atoms with van der Waals surface area (Å²) in [6.45, 7) is 2.78. The van der Waals surface area contributed by atoms with Crippen LogP contribution in [0.15, 0.2) is 11.6 Å². The minimum Gasteiger partial charge on any atom is -0.466 e. The Kier molecular flexibility index (Phi) is 8.14. The van der Waals surface area contributed by atoms with Crippen molar-refractivity contribution >= 4 is 11.8 Å². The van der Waals surface area contributed by atoms with Crippen LogP contribution in [-0.4, -0.2) is 42.8 Å². The molecular formula is C15H24O5. The lowest BCUT2D eigenvalue weighted by atomic mass is 10.1. The number of carbonyl (C=O) groups excluding carboxylic acids is 2. The number of Topliss-reactive ketones (excluding diaryl/α,β-unsaturated/α-hetero) is 1. The lowest BCUT2D eigenvalue weighted by Gasteiger charge is -2.06. The van der Waals surface area contributed by atoms with Crippen molar-refractivity contribution in [1.29, 1.82) is 0 Å². The van der Waals surface area contributed by atoms with Gasteiger partial charge < -0.3 is 14.6 Å². The molecule has 0 spiro atoms. The number of allylic oxidation sites excluding steroid dienone is 1. The van der Waals surface area contributed by atoms with Crippen LogP contribution in [-0.2, 0) is 19.1 Å². The maximum atomic E-state index is 11.8. The van der Waals surface area contributed by atoms with Crippen LogP contribution in [0.2, 0.25) is 0 Å². The van der Waals surface area contributed by atoms with E-state index < -0.39 is 0 Å². The van der Waals surface area contributed by atoms with Gasteiger partial charge in [-0.05, 0) is 44.3 Å². The van der Waals surface area contributed by atoms with Gasteiger partial charge in [-0.1, -0.05) is 0 Å². The van der Waals surface area contributed by atoms with Gasteiger partial charge in [0.1, 0.15) is 0 Å². The number of aliphatic hydroxyl groups is 1. The van der Waals surface area contributed by atoms with Crippen LogP contribution < -0.4 is 0 Å². The SMILES string of the molecule is CCOC(=O)CCCCC1=CC(OCCCO)CC1=O. The summed E-state index contributed by atoms with van der Waals surface area (Å²) < 4.78 is 10.3. The van der Waals surface area contributed by atoms with E-state index in [0.29, 0.717) is 38.9 Å². The summed E-state index contributed by atoms with van der Waals surface area (Å²) in [5, 5.41) is 8.67. The molecule has 0 saturated carbocycles. The van der Waals surface area contributed by atoms with Crippen molar-refractivity contribution in [2.24, 2.45) is 0 Å². The van der Waals surface area contributed by atoms with Crippen LogP contribution in [0.25, 0.3) is 0 Å². The van der Waals surface area contributed by atoms with Crippen LogP contribution in [0.5, 0.6) is 0 Å². The van der Waals surface area contributed by atoms with E-state index in [4.69, 9.17) is 14.6 Å². The van der Waals surface area contributed by atoms with E-state index in [-0.39, 0.29) is 24.5 Å². The zero-order valence-electron chi connectivity index (χ0n) is 12.1. The molecule has 0 heterocycles. The van der Waals surface area contributed by atoms with Crippen molar-refractivity contribution in [3.05, 3.63) is 11.6 Å². The Morgan fingerprint density at radius 3 is 2.90 bits per heavy atom. The third kappa shape index (κ3) is 6.30. The lowest BCUT2D eigenvalue weighted by Crippen LogP contribution is -2.10. The van der Waals surface area contributed by atoms with Gasteiger partial charge in [-0.25, -0.2) is 0 Å². The Labute approximate surface area is 119 Å². The summed E-state index contributed by atoms with van der Waals surface area (Å²) in [4.78, 5) is 22.9. The second kappa shape index (κ2) is 9.66. The summed E-state index contributed by atoms with van der Waals surface area (Å²) in [6, 6.07) is 0. The quantitative estimate of drug-likeness (QED) is 0.489. The number of ketones is 1. The van der Waals surface area contributed by atoms with Gasteiger partial charge >= 0.3 is 5.97 Å². The third-order valence-corrected chi connectivity index (χ3v) is 3.15. The van der Waals surface area contributed by atoms with E-state index in [9.17, 15) is 9.59 Å². The fourth-order valence-corrected chi connectivity index (χ4v) is 2.14. The Balaban J connectivity index is 2.20. The van der Waals surface area contributed by atoms with Gasteiger partial charge in [-0.15, -0.1) is 0 Å². The molecule has 0 fully saturated rings. The number of hydrogen-bond donors (Lipinski definition) is 1. The number of esters is 1. The predicted molar refractivity (Wildman–Crippen MR) is 74.3 cm³/mol. The van der Waals surface area contributed by atoms with Gasteiger partial charge in [0.2, 0.25) is 0 Å². The van der Waals surface area contributed by atoms with E-state index in [1.807, 2.05) is 6.08 Å². The van der Waals surface area contributed by atoms with Crippen molar-refractivity contribution < 1.29 is 24.2 Å². The molecule has 5 heteroatoms. The van der Waals surface area contributed by atoms with E-state index >= 15 is 0 Å². The van der Waals surface area contributed by atoms with Gasteiger partial charge in [0.05, 0.1) is 12.7 Å². The molecule has 5 nitrogen and oxygen atoms in total. The highest BCUT2D eigenvalue weighted by atomic mass is 16.5. The molecule has 0 bridgehead atoms. The minimum absolute atomic E-state index is 0.102. The average Bonchev–Trinajstić information content (AvgIpc) is 2.76. The monoisotopic (exact) mass is 284 g/mol. The molecule has 0 aromatic carbocycles. The fourth-order valence-electron chi connectivity index (χ4n) is 2.14. The molecule has 0 amide bonds. The van der Waals surface area contributed by atoms with Gasteiger partial charge in [0.15, 0.2) is 5.78 Å². The number of carbonyl (C=O) groups is 2. The van der Waals surface area contributed by atoms with Crippen molar-refractivity contribution in [3.8, 4) is 0 Å². The van der Waals surface area contributed by atoms with Crippen LogP contribution >= 0.6 is 0 Å². The Morgan fingerprint density at radius 1 is 1.40 bits per heavy atom. The van der Waals surface area contributed by atoms with Gasteiger partial charge in [0.25, 0.3) is 0 Å². The van der Waals surface area contributed by atoms with Crippen molar-refractivity contribution in [2.45, 2.75) is 51.6 Å². The molecule has 114 valence electrons. The largest absolute Gasteiger partial charge is 0.466 e. The molecule has 1 rings (SSSR count). The standard InChI is InChI=1S/C15H24O5/c1-2-19-15(18)7-4-3-6-12-10-13(11-14(12)17)20-9-5-8-16/h10,13,16H,2-9,11H2,1H3. The zero-order chi connectivity index (χ0) is 14.8. The molecule has 0 aromatic heterocycles. The number of ether oxygens (including phenoxy) is 2. The normalized spacial score (nSPS) is 18.2. The first-order valence-corrected chi connectivity index (χ1v) is 7.29. The highest BCUT2D eigenvalue weighted by molar-refractivity contribution is 5.98. The molecule has 20 heavy (non-hydrogen) atoms. The molecule has 1 aliphatic rings. The summed E-state index contributed by atoms with van der Waals surface area (Å²) in [5.41, 5.74) is 0.808. The number of unbranched alkanes of at least 4 members (excludes halogenated alkanes) is 1. The Hall–Kier alpha value is -1.20. The van der Waals surface area contributed by atoms with Gasteiger partial charge in [0, 0.05) is 26.1 Å². The number of aliphatic hydroxyl groups excluding tert-OH is 1.